The van der Waals surface area contributed by atoms with E-state index in [1.165, 1.54) is 19.3 Å². The molecule has 5 nitrogen and oxygen atoms in total. The fraction of sp³-hybridized carbons (Fsp3) is 0.296. The number of aryl methyl sites for hydroxylation is 1. The van der Waals surface area contributed by atoms with Gasteiger partial charge in [0.25, 0.3) is 5.56 Å². The van der Waals surface area contributed by atoms with Crippen LogP contribution in [0.15, 0.2) is 69.0 Å². The molecular formula is C27H27BrN4O. The summed E-state index contributed by atoms with van der Waals surface area (Å²) in [4.78, 5) is 18.3. The Kier molecular flexibility index (Phi) is 6.02. The van der Waals surface area contributed by atoms with Crippen molar-refractivity contribution in [2.75, 3.05) is 0 Å². The van der Waals surface area contributed by atoms with Gasteiger partial charge in [0.05, 0.1) is 17.1 Å². The van der Waals surface area contributed by atoms with E-state index in [1.54, 1.807) is 10.9 Å². The molecule has 0 saturated heterocycles. The van der Waals surface area contributed by atoms with Crippen LogP contribution in [0, 0.1) is 13.8 Å². The van der Waals surface area contributed by atoms with E-state index in [-0.39, 0.29) is 11.5 Å². The molecule has 1 fully saturated rings. The predicted molar refractivity (Wildman–Crippen MR) is 138 cm³/mol. The summed E-state index contributed by atoms with van der Waals surface area (Å²) in [7, 11) is 0. The second kappa shape index (κ2) is 9.10. The van der Waals surface area contributed by atoms with Crippen LogP contribution in [-0.4, -0.2) is 20.4 Å². The van der Waals surface area contributed by atoms with Crippen LogP contribution in [0.2, 0.25) is 0 Å². The largest absolute Gasteiger partial charge is 0.318 e. The van der Waals surface area contributed by atoms with Crippen molar-refractivity contribution in [2.45, 2.75) is 51.9 Å². The smallest absolute Gasteiger partial charge is 0.282 e. The average molecular weight is 503 g/mol. The lowest BCUT2D eigenvalue weighted by Crippen LogP contribution is -2.25. The lowest BCUT2D eigenvalue weighted by molar-refractivity contribution is 0.416. The average Bonchev–Trinajstić information content (AvgIpc) is 3.11. The van der Waals surface area contributed by atoms with E-state index < -0.39 is 0 Å². The summed E-state index contributed by atoms with van der Waals surface area (Å²) in [5.41, 5.74) is 4.92. The van der Waals surface area contributed by atoms with Crippen molar-refractivity contribution in [3.63, 3.8) is 0 Å². The fourth-order valence-electron chi connectivity index (χ4n) is 4.93. The van der Waals surface area contributed by atoms with E-state index in [4.69, 9.17) is 10.1 Å². The van der Waals surface area contributed by atoms with Crippen LogP contribution >= 0.6 is 15.9 Å². The molecule has 6 heteroatoms. The van der Waals surface area contributed by atoms with Gasteiger partial charge in [-0.1, -0.05) is 53.4 Å². The molecule has 1 saturated carbocycles. The molecule has 0 N–H and O–H groups in total. The fourth-order valence-corrected chi connectivity index (χ4v) is 5.32. The zero-order valence-corrected chi connectivity index (χ0v) is 20.5. The number of hydrogen-bond acceptors (Lipinski definition) is 3. The molecule has 2 aromatic carbocycles. The summed E-state index contributed by atoms with van der Waals surface area (Å²) in [6, 6.07) is 17.9. The lowest BCUT2D eigenvalue weighted by atomic mass is 9.88. The molecule has 1 aliphatic carbocycles. The first kappa shape index (κ1) is 21.8. The molecule has 0 aliphatic heterocycles. The molecule has 0 atom stereocenters. The topological polar surface area (TPSA) is 52.2 Å². The van der Waals surface area contributed by atoms with Gasteiger partial charge < -0.3 is 4.57 Å². The third-order valence-corrected chi connectivity index (χ3v) is 7.09. The van der Waals surface area contributed by atoms with Gasteiger partial charge in [0.2, 0.25) is 0 Å². The highest BCUT2D eigenvalue weighted by molar-refractivity contribution is 9.10. The van der Waals surface area contributed by atoms with Gasteiger partial charge in [-0.3, -0.25) is 4.79 Å². The van der Waals surface area contributed by atoms with Crippen LogP contribution in [0.5, 0.6) is 0 Å². The maximum absolute atomic E-state index is 13.4. The van der Waals surface area contributed by atoms with Crippen molar-refractivity contribution in [2.24, 2.45) is 5.10 Å². The van der Waals surface area contributed by atoms with Crippen LogP contribution in [0.4, 0.5) is 0 Å². The van der Waals surface area contributed by atoms with Gasteiger partial charge in [-0.05, 0) is 63.1 Å². The van der Waals surface area contributed by atoms with Crippen molar-refractivity contribution in [1.29, 1.82) is 0 Å². The van der Waals surface area contributed by atoms with Gasteiger partial charge in [0.1, 0.15) is 5.82 Å². The summed E-state index contributed by atoms with van der Waals surface area (Å²) in [6.45, 7) is 4.17. The SMILES string of the molecule is Cc1cc(C=Nn2c(C3CCCCC3)nc3ccccc3c2=O)c(C)n1-c1cccc(Br)c1. The van der Waals surface area contributed by atoms with Crippen molar-refractivity contribution in [3.05, 3.63) is 92.2 Å². The van der Waals surface area contributed by atoms with Crippen molar-refractivity contribution in [3.8, 4) is 5.69 Å². The first-order valence-corrected chi connectivity index (χ1v) is 12.3. The summed E-state index contributed by atoms with van der Waals surface area (Å²) in [6.07, 6.45) is 7.51. The lowest BCUT2D eigenvalue weighted by Gasteiger charge is -2.22. The van der Waals surface area contributed by atoms with Crippen LogP contribution in [0.3, 0.4) is 0 Å². The predicted octanol–water partition coefficient (Wildman–Crippen LogP) is 6.50. The Bertz CT molecular complexity index is 1410. The van der Waals surface area contributed by atoms with E-state index in [1.807, 2.05) is 36.4 Å². The van der Waals surface area contributed by atoms with Gasteiger partial charge in [0.15, 0.2) is 0 Å². The number of hydrogen-bond donors (Lipinski definition) is 0. The Labute approximate surface area is 201 Å². The molecule has 2 aromatic heterocycles. The minimum atomic E-state index is -0.0989. The van der Waals surface area contributed by atoms with E-state index in [0.717, 1.165) is 51.3 Å². The van der Waals surface area contributed by atoms with Crippen molar-refractivity contribution in [1.82, 2.24) is 14.2 Å². The normalized spacial score (nSPS) is 15.0. The number of halogens is 1. The number of benzene rings is 2. The summed E-state index contributed by atoms with van der Waals surface area (Å²) < 4.78 is 4.78. The number of para-hydroxylation sites is 1. The zero-order chi connectivity index (χ0) is 22.9. The summed E-state index contributed by atoms with van der Waals surface area (Å²) in [5.74, 6) is 1.05. The van der Waals surface area contributed by atoms with Crippen LogP contribution < -0.4 is 5.56 Å². The molecule has 33 heavy (non-hydrogen) atoms. The van der Waals surface area contributed by atoms with E-state index in [0.29, 0.717) is 5.39 Å². The van der Waals surface area contributed by atoms with Crippen LogP contribution in [0.1, 0.15) is 60.8 Å². The number of nitrogens with zero attached hydrogens (tertiary/aromatic N) is 4. The molecule has 5 rings (SSSR count). The zero-order valence-electron chi connectivity index (χ0n) is 19.0. The van der Waals surface area contributed by atoms with Gasteiger partial charge in [-0.25, -0.2) is 4.98 Å². The molecule has 1 aliphatic rings. The Morgan fingerprint density at radius 2 is 1.82 bits per heavy atom. The molecule has 4 aromatic rings. The molecule has 2 heterocycles. The van der Waals surface area contributed by atoms with E-state index >= 15 is 0 Å². The molecule has 0 radical (unpaired) electrons. The first-order chi connectivity index (χ1) is 16.0. The van der Waals surface area contributed by atoms with Crippen molar-refractivity contribution >= 4 is 33.0 Å². The quantitative estimate of drug-likeness (QED) is 0.299. The third-order valence-electron chi connectivity index (χ3n) is 6.60. The summed E-state index contributed by atoms with van der Waals surface area (Å²) in [5, 5.41) is 5.33. The van der Waals surface area contributed by atoms with Crippen LogP contribution in [-0.2, 0) is 0 Å². The Hall–Kier alpha value is -2.99. The minimum Gasteiger partial charge on any atom is -0.318 e. The third kappa shape index (κ3) is 4.20. The monoisotopic (exact) mass is 502 g/mol. The molecule has 0 amide bonds. The highest BCUT2D eigenvalue weighted by Crippen LogP contribution is 2.32. The number of aromatic nitrogens is 3. The van der Waals surface area contributed by atoms with Crippen LogP contribution in [0.25, 0.3) is 16.6 Å². The van der Waals surface area contributed by atoms with E-state index in [2.05, 4.69) is 52.5 Å². The molecule has 0 spiro atoms. The summed E-state index contributed by atoms with van der Waals surface area (Å²) >= 11 is 3.57. The van der Waals surface area contributed by atoms with Crippen molar-refractivity contribution < 1.29 is 0 Å². The van der Waals surface area contributed by atoms with Gasteiger partial charge in [-0.2, -0.15) is 9.78 Å². The Morgan fingerprint density at radius 3 is 2.61 bits per heavy atom. The number of rotatable bonds is 4. The Morgan fingerprint density at radius 1 is 1.03 bits per heavy atom. The highest BCUT2D eigenvalue weighted by atomic mass is 79.9. The maximum Gasteiger partial charge on any atom is 0.282 e. The maximum atomic E-state index is 13.4. The molecule has 168 valence electrons. The molecule has 0 bridgehead atoms. The highest BCUT2D eigenvalue weighted by Gasteiger charge is 2.22. The molecule has 0 unspecified atom stereocenters. The number of fused-ring (bicyclic) bond motifs is 1. The second-order valence-electron chi connectivity index (χ2n) is 8.83. The van der Waals surface area contributed by atoms with E-state index in [9.17, 15) is 4.79 Å². The standard InChI is InChI=1S/C27H27BrN4O/c1-18-15-21(19(2)31(18)23-12-8-11-22(28)16-23)17-29-32-26(20-9-4-3-5-10-20)30-25-14-7-6-13-24(25)27(32)33/h6-8,11-17,20H,3-5,9-10H2,1-2H3. The van der Waals surface area contributed by atoms with Gasteiger partial charge in [0, 0.05) is 33.0 Å². The minimum absolute atomic E-state index is 0.0989. The van der Waals surface area contributed by atoms with Gasteiger partial charge >= 0.3 is 0 Å². The first-order valence-electron chi connectivity index (χ1n) is 11.5. The molecular weight excluding hydrogens is 476 g/mol. The second-order valence-corrected chi connectivity index (χ2v) is 9.74. The Balaban J connectivity index is 1.61. The van der Waals surface area contributed by atoms with Gasteiger partial charge in [-0.15, -0.1) is 0 Å².